The SMILES string of the molecule is CNC(C)C(C)N(C)C1CCN(C)CC1. The van der Waals surface area contributed by atoms with E-state index in [9.17, 15) is 0 Å². The van der Waals surface area contributed by atoms with Crippen LogP contribution in [0.25, 0.3) is 0 Å². The highest BCUT2D eigenvalue weighted by Gasteiger charge is 2.25. The fourth-order valence-electron chi connectivity index (χ4n) is 2.33. The molecule has 0 spiro atoms. The van der Waals surface area contributed by atoms with Gasteiger partial charge < -0.3 is 10.2 Å². The summed E-state index contributed by atoms with van der Waals surface area (Å²) in [6.07, 6.45) is 2.63. The van der Waals surface area contributed by atoms with Crippen molar-refractivity contribution in [2.24, 2.45) is 0 Å². The minimum atomic E-state index is 0.564. The average molecular weight is 213 g/mol. The highest BCUT2D eigenvalue weighted by molar-refractivity contribution is 4.83. The van der Waals surface area contributed by atoms with E-state index in [2.05, 4.69) is 43.1 Å². The van der Waals surface area contributed by atoms with Crippen LogP contribution in [0.1, 0.15) is 26.7 Å². The molecule has 0 aliphatic carbocycles. The summed E-state index contributed by atoms with van der Waals surface area (Å²) < 4.78 is 0. The summed E-state index contributed by atoms with van der Waals surface area (Å²) >= 11 is 0. The monoisotopic (exact) mass is 213 g/mol. The van der Waals surface area contributed by atoms with Crippen molar-refractivity contribution in [3.05, 3.63) is 0 Å². The third kappa shape index (κ3) is 3.44. The predicted octanol–water partition coefficient (Wildman–Crippen LogP) is 1.01. The molecule has 1 rings (SSSR count). The number of nitrogens with one attached hydrogen (secondary N) is 1. The van der Waals surface area contributed by atoms with Crippen LogP contribution in [0, 0.1) is 0 Å². The van der Waals surface area contributed by atoms with Gasteiger partial charge in [-0.15, -0.1) is 0 Å². The molecular weight excluding hydrogens is 186 g/mol. The number of hydrogen-bond donors (Lipinski definition) is 1. The van der Waals surface area contributed by atoms with Gasteiger partial charge in [0.05, 0.1) is 0 Å². The molecule has 0 radical (unpaired) electrons. The second kappa shape index (κ2) is 5.83. The van der Waals surface area contributed by atoms with Gasteiger partial charge >= 0.3 is 0 Å². The molecule has 1 fully saturated rings. The first-order chi connectivity index (χ1) is 7.06. The Morgan fingerprint density at radius 3 is 2.27 bits per heavy atom. The molecule has 1 aliphatic heterocycles. The standard InChI is InChI=1S/C12H27N3/c1-10(13-3)11(2)15(5)12-6-8-14(4)9-7-12/h10-13H,6-9H2,1-5H3. The number of nitrogens with zero attached hydrogens (tertiary/aromatic N) is 2. The number of piperidine rings is 1. The van der Waals surface area contributed by atoms with Gasteiger partial charge in [0.15, 0.2) is 0 Å². The van der Waals surface area contributed by atoms with Gasteiger partial charge in [-0.3, -0.25) is 4.90 Å². The van der Waals surface area contributed by atoms with Crippen molar-refractivity contribution in [3.63, 3.8) is 0 Å². The average Bonchev–Trinajstić information content (AvgIpc) is 2.27. The molecule has 90 valence electrons. The highest BCUT2D eigenvalue weighted by atomic mass is 15.2. The van der Waals surface area contributed by atoms with E-state index < -0.39 is 0 Å². The molecule has 1 aliphatic rings. The summed E-state index contributed by atoms with van der Waals surface area (Å²) in [6, 6.07) is 1.95. The highest BCUT2D eigenvalue weighted by Crippen LogP contribution is 2.17. The van der Waals surface area contributed by atoms with Gasteiger partial charge in [0.2, 0.25) is 0 Å². The molecule has 0 saturated carbocycles. The zero-order valence-electron chi connectivity index (χ0n) is 11.0. The zero-order valence-corrected chi connectivity index (χ0v) is 11.0. The van der Waals surface area contributed by atoms with Crippen LogP contribution < -0.4 is 5.32 Å². The number of likely N-dealkylation sites (N-methyl/N-ethyl adjacent to an activating group) is 2. The molecule has 1 N–H and O–H groups in total. The smallest absolute Gasteiger partial charge is 0.0218 e. The molecule has 15 heavy (non-hydrogen) atoms. The van der Waals surface area contributed by atoms with Gasteiger partial charge in [-0.1, -0.05) is 0 Å². The Bertz CT molecular complexity index is 176. The molecule has 0 amide bonds. The van der Waals surface area contributed by atoms with E-state index in [1.807, 2.05) is 7.05 Å². The lowest BCUT2D eigenvalue weighted by Crippen LogP contribution is -2.51. The van der Waals surface area contributed by atoms with Crippen molar-refractivity contribution < 1.29 is 0 Å². The van der Waals surface area contributed by atoms with Gasteiger partial charge in [0, 0.05) is 18.1 Å². The lowest BCUT2D eigenvalue weighted by atomic mass is 10.0. The van der Waals surface area contributed by atoms with Crippen LogP contribution >= 0.6 is 0 Å². The molecule has 0 aromatic rings. The molecule has 2 atom stereocenters. The normalized spacial score (nSPS) is 24.4. The second-order valence-corrected chi connectivity index (χ2v) is 5.02. The van der Waals surface area contributed by atoms with Crippen LogP contribution in [0.15, 0.2) is 0 Å². The Hall–Kier alpha value is -0.120. The maximum atomic E-state index is 3.34. The van der Waals surface area contributed by atoms with Crippen molar-refractivity contribution in [2.45, 2.75) is 44.8 Å². The quantitative estimate of drug-likeness (QED) is 0.752. The van der Waals surface area contributed by atoms with Crippen molar-refractivity contribution in [1.82, 2.24) is 15.1 Å². The first-order valence-electron chi connectivity index (χ1n) is 6.14. The third-order valence-electron chi connectivity index (χ3n) is 4.09. The van der Waals surface area contributed by atoms with Gasteiger partial charge in [-0.25, -0.2) is 0 Å². The van der Waals surface area contributed by atoms with Crippen molar-refractivity contribution >= 4 is 0 Å². The van der Waals surface area contributed by atoms with Crippen LogP contribution in [0.3, 0.4) is 0 Å². The Morgan fingerprint density at radius 1 is 1.27 bits per heavy atom. The van der Waals surface area contributed by atoms with Crippen molar-refractivity contribution in [3.8, 4) is 0 Å². The topological polar surface area (TPSA) is 18.5 Å². The van der Waals surface area contributed by atoms with E-state index in [-0.39, 0.29) is 0 Å². The third-order valence-corrected chi connectivity index (χ3v) is 4.09. The Labute approximate surface area is 94.8 Å². The summed E-state index contributed by atoms with van der Waals surface area (Å²) in [5, 5.41) is 3.34. The van der Waals surface area contributed by atoms with E-state index in [4.69, 9.17) is 0 Å². The summed E-state index contributed by atoms with van der Waals surface area (Å²) in [7, 11) is 6.54. The number of likely N-dealkylation sites (tertiary alicyclic amines) is 1. The van der Waals surface area contributed by atoms with Gasteiger partial charge in [-0.2, -0.15) is 0 Å². The first kappa shape index (κ1) is 12.9. The molecule has 0 aromatic heterocycles. The molecule has 1 heterocycles. The fraction of sp³-hybridized carbons (Fsp3) is 1.00. The zero-order chi connectivity index (χ0) is 11.4. The van der Waals surface area contributed by atoms with Crippen LogP contribution in [0.2, 0.25) is 0 Å². The fourth-order valence-corrected chi connectivity index (χ4v) is 2.33. The van der Waals surface area contributed by atoms with Crippen LogP contribution in [0.5, 0.6) is 0 Å². The predicted molar refractivity (Wildman–Crippen MR) is 66.3 cm³/mol. The van der Waals surface area contributed by atoms with E-state index in [0.29, 0.717) is 12.1 Å². The van der Waals surface area contributed by atoms with Crippen LogP contribution in [-0.4, -0.2) is 62.2 Å². The van der Waals surface area contributed by atoms with Gasteiger partial charge in [0.1, 0.15) is 0 Å². The maximum Gasteiger partial charge on any atom is 0.0218 e. The Morgan fingerprint density at radius 2 is 1.80 bits per heavy atom. The molecule has 0 aromatic carbocycles. The van der Waals surface area contributed by atoms with Gasteiger partial charge in [0.25, 0.3) is 0 Å². The molecular formula is C12H27N3. The summed E-state index contributed by atoms with van der Waals surface area (Å²) in [4.78, 5) is 4.98. The first-order valence-corrected chi connectivity index (χ1v) is 6.14. The largest absolute Gasteiger partial charge is 0.316 e. The summed E-state index contributed by atoms with van der Waals surface area (Å²) in [5.74, 6) is 0. The maximum absolute atomic E-state index is 3.34. The minimum absolute atomic E-state index is 0.564. The minimum Gasteiger partial charge on any atom is -0.316 e. The lowest BCUT2D eigenvalue weighted by Gasteiger charge is -2.40. The van der Waals surface area contributed by atoms with Crippen LogP contribution in [-0.2, 0) is 0 Å². The number of rotatable bonds is 4. The summed E-state index contributed by atoms with van der Waals surface area (Å²) in [6.45, 7) is 7.07. The second-order valence-electron chi connectivity index (χ2n) is 5.02. The van der Waals surface area contributed by atoms with E-state index in [1.54, 1.807) is 0 Å². The molecule has 1 saturated heterocycles. The summed E-state index contributed by atoms with van der Waals surface area (Å²) in [5.41, 5.74) is 0. The van der Waals surface area contributed by atoms with E-state index in [1.165, 1.54) is 25.9 Å². The van der Waals surface area contributed by atoms with Crippen molar-refractivity contribution in [1.29, 1.82) is 0 Å². The Balaban J connectivity index is 2.42. The lowest BCUT2D eigenvalue weighted by molar-refractivity contribution is 0.0999. The Kier molecular flexibility index (Phi) is 5.03. The molecule has 3 heteroatoms. The van der Waals surface area contributed by atoms with Crippen molar-refractivity contribution in [2.75, 3.05) is 34.2 Å². The molecule has 3 nitrogen and oxygen atoms in total. The van der Waals surface area contributed by atoms with E-state index in [0.717, 1.165) is 6.04 Å². The van der Waals surface area contributed by atoms with Gasteiger partial charge in [-0.05, 0) is 60.9 Å². The molecule has 2 unspecified atom stereocenters. The number of hydrogen-bond acceptors (Lipinski definition) is 3. The van der Waals surface area contributed by atoms with E-state index >= 15 is 0 Å². The molecule has 0 bridgehead atoms. The van der Waals surface area contributed by atoms with Crippen LogP contribution in [0.4, 0.5) is 0 Å².